The molecule has 4 nitrogen and oxygen atoms in total. The highest BCUT2D eigenvalue weighted by Gasteiger charge is 2.21. The van der Waals surface area contributed by atoms with Crippen LogP contribution in [0.4, 0.5) is 11.4 Å². The van der Waals surface area contributed by atoms with E-state index in [-0.39, 0.29) is 5.41 Å². The Hall–Kier alpha value is -4.83. The molecule has 45 heavy (non-hydrogen) atoms. The van der Waals surface area contributed by atoms with Gasteiger partial charge in [0, 0.05) is 40.2 Å². The smallest absolute Gasteiger partial charge is 0.151 e. The van der Waals surface area contributed by atoms with Crippen LogP contribution in [0.1, 0.15) is 57.9 Å². The Morgan fingerprint density at radius 1 is 0.644 bits per heavy atom. The molecule has 0 fully saturated rings. The third-order valence-corrected chi connectivity index (χ3v) is 8.84. The Morgan fingerprint density at radius 3 is 1.60 bits per heavy atom. The van der Waals surface area contributed by atoms with Gasteiger partial charge >= 0.3 is 0 Å². The van der Waals surface area contributed by atoms with Gasteiger partial charge in [0.1, 0.15) is 5.69 Å². The van der Waals surface area contributed by atoms with E-state index in [1.165, 1.54) is 11.1 Å². The molecule has 0 atom stereocenters. The van der Waals surface area contributed by atoms with Gasteiger partial charge in [-0.05, 0) is 71.3 Å². The number of anilines is 2. The Bertz CT molecular complexity index is 1740. The molecule has 2 N–H and O–H groups in total. The zero-order chi connectivity index (χ0) is 32.0. The normalized spacial score (nSPS) is 11.3. The van der Waals surface area contributed by atoms with Crippen molar-refractivity contribution in [1.82, 2.24) is 5.16 Å². The monoisotopic (exact) mass is 595 g/mol. The molecule has 0 aliphatic carbocycles. The van der Waals surface area contributed by atoms with E-state index in [2.05, 4.69) is 161 Å². The summed E-state index contributed by atoms with van der Waals surface area (Å²) in [6, 6.07) is 34.2. The number of hydrogen-bond donors (Lipinski definition) is 2. The predicted octanol–water partition coefficient (Wildman–Crippen LogP) is 11.3. The maximum Gasteiger partial charge on any atom is 0.151 e. The van der Waals surface area contributed by atoms with Crippen LogP contribution >= 0.6 is 0 Å². The average Bonchev–Trinajstić information content (AvgIpc) is 3.48. The van der Waals surface area contributed by atoms with Crippen LogP contribution in [0, 0.1) is 5.41 Å². The van der Waals surface area contributed by atoms with E-state index >= 15 is 0 Å². The van der Waals surface area contributed by atoms with Gasteiger partial charge in [0.2, 0.25) is 0 Å². The van der Waals surface area contributed by atoms with E-state index in [0.717, 1.165) is 81.3 Å². The van der Waals surface area contributed by atoms with Crippen molar-refractivity contribution in [3.05, 3.63) is 139 Å². The van der Waals surface area contributed by atoms with Crippen LogP contribution in [0.5, 0.6) is 0 Å². The third kappa shape index (κ3) is 7.46. The Labute approximate surface area is 268 Å². The Morgan fingerprint density at radius 2 is 1.11 bits per heavy atom. The lowest BCUT2D eigenvalue weighted by atomic mass is 9.87. The zero-order valence-corrected chi connectivity index (χ0v) is 27.3. The van der Waals surface area contributed by atoms with Gasteiger partial charge in [-0.15, -0.1) is 0 Å². The molecule has 0 aliphatic heterocycles. The first kappa shape index (κ1) is 31.6. The van der Waals surface area contributed by atoms with E-state index in [0.29, 0.717) is 6.42 Å². The van der Waals surface area contributed by atoms with Gasteiger partial charge in [-0.25, -0.2) is 0 Å². The van der Waals surface area contributed by atoms with Crippen molar-refractivity contribution in [3.8, 4) is 33.5 Å². The third-order valence-electron chi connectivity index (χ3n) is 8.84. The van der Waals surface area contributed by atoms with E-state index in [9.17, 15) is 0 Å². The van der Waals surface area contributed by atoms with Crippen LogP contribution in [0.15, 0.2) is 126 Å². The number of rotatable bonds is 13. The molecular formula is C41H45N3O. The minimum absolute atomic E-state index is 0.0454. The second kappa shape index (κ2) is 13.9. The molecular weight excluding hydrogens is 550 g/mol. The molecule has 5 rings (SSSR count). The standard InChI is InChI=1S/C41H45N3O/c1-8-30-11-15-34(16-12-30)39-38(45-44-40(39)35-17-13-31(9-2)14-18-35)27-28(4)42-36-23-19-32(20-24-36)33-21-25-37(26-22-33)43-29(5)41(6,7)10-3/h11-26,42-43H,4-5,8-10,27H2,1-3,6-7H3. The largest absolute Gasteiger partial charge is 0.360 e. The van der Waals surface area contributed by atoms with Gasteiger partial charge in [-0.2, -0.15) is 0 Å². The Kier molecular flexibility index (Phi) is 9.73. The van der Waals surface area contributed by atoms with Crippen molar-refractivity contribution in [3.63, 3.8) is 0 Å². The minimum atomic E-state index is 0.0454. The average molecular weight is 596 g/mol. The maximum absolute atomic E-state index is 6.00. The van der Waals surface area contributed by atoms with Crippen molar-refractivity contribution >= 4 is 11.4 Å². The number of nitrogens with one attached hydrogen (secondary N) is 2. The number of allylic oxidation sites excluding steroid dienone is 2. The van der Waals surface area contributed by atoms with Crippen molar-refractivity contribution in [1.29, 1.82) is 0 Å². The summed E-state index contributed by atoms with van der Waals surface area (Å²) in [5.41, 5.74) is 12.9. The maximum atomic E-state index is 6.00. The van der Waals surface area contributed by atoms with Crippen LogP contribution < -0.4 is 10.6 Å². The van der Waals surface area contributed by atoms with Gasteiger partial charge in [-0.1, -0.05) is 126 Å². The molecule has 0 saturated heterocycles. The van der Waals surface area contributed by atoms with E-state index in [1.807, 2.05) is 0 Å². The summed E-state index contributed by atoms with van der Waals surface area (Å²) < 4.78 is 6.00. The fourth-order valence-electron chi connectivity index (χ4n) is 5.24. The van der Waals surface area contributed by atoms with Gasteiger partial charge in [-0.3, -0.25) is 0 Å². The first-order chi connectivity index (χ1) is 21.7. The summed E-state index contributed by atoms with van der Waals surface area (Å²) in [7, 11) is 0. The summed E-state index contributed by atoms with van der Waals surface area (Å²) in [5, 5.41) is 11.5. The SMILES string of the molecule is C=C(Cc1onc(-c2ccc(CC)cc2)c1-c1ccc(CC)cc1)Nc1ccc(-c2ccc(NC(=C)C(C)(C)CC)cc2)cc1. The summed E-state index contributed by atoms with van der Waals surface area (Å²) in [6.45, 7) is 19.5. The van der Waals surface area contributed by atoms with E-state index in [4.69, 9.17) is 4.52 Å². The fraction of sp³-hybridized carbons (Fsp3) is 0.244. The summed E-state index contributed by atoms with van der Waals surface area (Å²) >= 11 is 0. The summed E-state index contributed by atoms with van der Waals surface area (Å²) in [4.78, 5) is 0. The van der Waals surface area contributed by atoms with Gasteiger partial charge in [0.15, 0.2) is 5.76 Å². The lowest BCUT2D eigenvalue weighted by Crippen LogP contribution is -2.18. The summed E-state index contributed by atoms with van der Waals surface area (Å²) in [5.74, 6) is 0.793. The van der Waals surface area contributed by atoms with Crippen LogP contribution in [-0.2, 0) is 19.3 Å². The number of hydrogen-bond acceptors (Lipinski definition) is 4. The van der Waals surface area contributed by atoms with Gasteiger partial charge in [0.05, 0.1) is 5.56 Å². The molecule has 0 radical (unpaired) electrons. The van der Waals surface area contributed by atoms with Crippen LogP contribution in [0.3, 0.4) is 0 Å². The van der Waals surface area contributed by atoms with Crippen LogP contribution in [0.2, 0.25) is 0 Å². The predicted molar refractivity (Wildman–Crippen MR) is 191 cm³/mol. The second-order valence-corrected chi connectivity index (χ2v) is 12.3. The van der Waals surface area contributed by atoms with Crippen LogP contribution in [0.25, 0.3) is 33.5 Å². The number of aryl methyl sites for hydroxylation is 2. The van der Waals surface area contributed by atoms with Gasteiger partial charge in [0.25, 0.3) is 0 Å². The molecule has 0 unspecified atom stereocenters. The highest BCUT2D eigenvalue weighted by atomic mass is 16.5. The topological polar surface area (TPSA) is 50.1 Å². The molecule has 0 amide bonds. The quantitative estimate of drug-likeness (QED) is 0.142. The van der Waals surface area contributed by atoms with Crippen molar-refractivity contribution < 1.29 is 4.52 Å². The number of aromatic nitrogens is 1. The molecule has 0 aliphatic rings. The molecule has 0 spiro atoms. The van der Waals surface area contributed by atoms with Crippen molar-refractivity contribution in [2.75, 3.05) is 10.6 Å². The molecule has 4 heteroatoms. The molecule has 1 aromatic heterocycles. The fourth-order valence-corrected chi connectivity index (χ4v) is 5.24. The molecule has 0 saturated carbocycles. The lowest BCUT2D eigenvalue weighted by molar-refractivity contribution is 0.392. The molecule has 4 aromatic carbocycles. The molecule has 1 heterocycles. The van der Waals surface area contributed by atoms with Crippen molar-refractivity contribution in [2.24, 2.45) is 5.41 Å². The molecule has 5 aromatic rings. The number of benzene rings is 4. The zero-order valence-electron chi connectivity index (χ0n) is 27.3. The minimum Gasteiger partial charge on any atom is -0.360 e. The Balaban J connectivity index is 1.30. The highest BCUT2D eigenvalue weighted by Crippen LogP contribution is 2.36. The first-order valence-corrected chi connectivity index (χ1v) is 16.0. The van der Waals surface area contributed by atoms with Crippen LogP contribution in [-0.4, -0.2) is 5.16 Å². The number of nitrogens with zero attached hydrogens (tertiary/aromatic N) is 1. The molecule has 0 bridgehead atoms. The molecule has 230 valence electrons. The lowest BCUT2D eigenvalue weighted by Gasteiger charge is -2.26. The van der Waals surface area contributed by atoms with E-state index in [1.54, 1.807) is 0 Å². The highest BCUT2D eigenvalue weighted by molar-refractivity contribution is 5.82. The first-order valence-electron chi connectivity index (χ1n) is 16.0. The van der Waals surface area contributed by atoms with E-state index < -0.39 is 0 Å². The van der Waals surface area contributed by atoms with Gasteiger partial charge < -0.3 is 15.2 Å². The second-order valence-electron chi connectivity index (χ2n) is 12.3. The summed E-state index contributed by atoms with van der Waals surface area (Å²) in [6.07, 6.45) is 3.55. The van der Waals surface area contributed by atoms with Crippen molar-refractivity contribution in [2.45, 2.75) is 60.3 Å².